The highest BCUT2D eigenvalue weighted by molar-refractivity contribution is 5.67. The number of aromatic nitrogens is 1. The number of methoxy groups -OCH3 is 1. The lowest BCUT2D eigenvalue weighted by molar-refractivity contribution is 0.211. The maximum atomic E-state index is 6.90. The van der Waals surface area contributed by atoms with Crippen molar-refractivity contribution in [3.8, 4) is 0 Å². The Hall–Kier alpha value is -1.80. The van der Waals surface area contributed by atoms with Crippen LogP contribution in [0.15, 0.2) is 12.1 Å². The molecule has 1 aromatic heterocycles. The number of hydrogen-bond donors (Lipinski definition) is 2. The summed E-state index contributed by atoms with van der Waals surface area (Å²) in [5, 5.41) is 3.04. The summed E-state index contributed by atoms with van der Waals surface area (Å²) in [5.41, 5.74) is 6.14. The summed E-state index contributed by atoms with van der Waals surface area (Å²) in [6.07, 6.45) is 0. The van der Waals surface area contributed by atoms with Gasteiger partial charge in [0, 0.05) is 19.7 Å². The molecular formula is C9H12N4O. The van der Waals surface area contributed by atoms with Crippen molar-refractivity contribution in [3.63, 3.8) is 0 Å². The van der Waals surface area contributed by atoms with Crippen LogP contribution in [0.3, 0.4) is 0 Å². The van der Waals surface area contributed by atoms with Crippen molar-refractivity contribution in [2.45, 2.75) is 0 Å². The number of nitrogens with two attached hydrogens (primary N) is 1. The van der Waals surface area contributed by atoms with Crippen LogP contribution >= 0.6 is 0 Å². The molecule has 14 heavy (non-hydrogen) atoms. The summed E-state index contributed by atoms with van der Waals surface area (Å²) in [5.74, 6) is 0.648. The molecule has 0 aliphatic carbocycles. The number of nitrogens with one attached hydrogen (secondary N) is 1. The summed E-state index contributed by atoms with van der Waals surface area (Å²) in [6, 6.07) is 3.40. The topological polar surface area (TPSA) is 64.5 Å². The normalized spacial score (nSPS) is 9.43. The predicted octanol–water partition coefficient (Wildman–Crippen LogP) is 1.27. The average Bonchev–Trinajstić information content (AvgIpc) is 2.20. The van der Waals surface area contributed by atoms with Gasteiger partial charge in [0.2, 0.25) is 5.82 Å². The third-order valence-corrected chi connectivity index (χ3v) is 1.62. The Morgan fingerprint density at radius 1 is 1.64 bits per heavy atom. The van der Waals surface area contributed by atoms with Crippen LogP contribution in [0.5, 0.6) is 0 Å². The lowest BCUT2D eigenvalue weighted by Gasteiger charge is -2.06. The Kier molecular flexibility index (Phi) is 3.70. The van der Waals surface area contributed by atoms with Crippen molar-refractivity contribution >= 4 is 17.3 Å². The molecule has 0 spiro atoms. The van der Waals surface area contributed by atoms with Crippen molar-refractivity contribution in [1.82, 2.24) is 4.98 Å². The van der Waals surface area contributed by atoms with E-state index in [1.54, 1.807) is 19.2 Å². The Labute approximate surface area is 82.7 Å². The molecule has 1 rings (SSSR count). The fourth-order valence-electron chi connectivity index (χ4n) is 0.974. The highest BCUT2D eigenvalue weighted by atomic mass is 16.5. The lowest BCUT2D eigenvalue weighted by atomic mass is 10.3. The van der Waals surface area contributed by atoms with Crippen LogP contribution < -0.4 is 11.1 Å². The van der Waals surface area contributed by atoms with Crippen molar-refractivity contribution in [3.05, 3.63) is 23.5 Å². The summed E-state index contributed by atoms with van der Waals surface area (Å²) in [7, 11) is 1.62. The zero-order valence-electron chi connectivity index (χ0n) is 7.95. The number of nitrogen functional groups attached to an aromatic ring is 1. The molecule has 5 nitrogen and oxygen atoms in total. The van der Waals surface area contributed by atoms with Gasteiger partial charge in [0.15, 0.2) is 0 Å². The molecule has 0 unspecified atom stereocenters. The Balaban J connectivity index is 2.72. The van der Waals surface area contributed by atoms with Gasteiger partial charge in [-0.2, -0.15) is 0 Å². The fourth-order valence-corrected chi connectivity index (χ4v) is 0.974. The van der Waals surface area contributed by atoms with Crippen LogP contribution in [0.2, 0.25) is 0 Å². The van der Waals surface area contributed by atoms with Crippen LogP contribution in [0.4, 0.5) is 17.3 Å². The number of hydrogen-bond acceptors (Lipinski definition) is 4. The molecule has 74 valence electrons. The summed E-state index contributed by atoms with van der Waals surface area (Å²) >= 11 is 0. The Morgan fingerprint density at radius 2 is 2.43 bits per heavy atom. The third kappa shape index (κ3) is 2.61. The minimum Gasteiger partial charge on any atom is -0.390 e. The molecule has 0 atom stereocenters. The van der Waals surface area contributed by atoms with Crippen LogP contribution in [0.25, 0.3) is 4.85 Å². The highest BCUT2D eigenvalue weighted by Crippen LogP contribution is 2.22. The summed E-state index contributed by atoms with van der Waals surface area (Å²) < 4.78 is 4.88. The van der Waals surface area contributed by atoms with E-state index in [1.807, 2.05) is 0 Å². The number of rotatable bonds is 4. The second-order valence-electron chi connectivity index (χ2n) is 2.64. The molecule has 0 amide bonds. The molecule has 0 aliphatic heterocycles. The SMILES string of the molecule is [C-]#[N+]c1nc(N)ccc1NCCOC. The van der Waals surface area contributed by atoms with Crippen molar-refractivity contribution < 1.29 is 4.74 Å². The van der Waals surface area contributed by atoms with Gasteiger partial charge in [-0.25, -0.2) is 0 Å². The maximum absolute atomic E-state index is 6.90. The van der Waals surface area contributed by atoms with E-state index in [0.29, 0.717) is 30.5 Å². The Bertz CT molecular complexity index is 345. The molecule has 5 heteroatoms. The number of ether oxygens (including phenoxy) is 1. The quantitative estimate of drug-likeness (QED) is 0.557. The minimum absolute atomic E-state index is 0.293. The van der Waals surface area contributed by atoms with E-state index in [9.17, 15) is 0 Å². The first kappa shape index (κ1) is 10.3. The smallest absolute Gasteiger partial charge is 0.294 e. The van der Waals surface area contributed by atoms with Crippen LogP contribution in [0, 0.1) is 6.57 Å². The second-order valence-corrected chi connectivity index (χ2v) is 2.64. The van der Waals surface area contributed by atoms with E-state index in [-0.39, 0.29) is 0 Å². The van der Waals surface area contributed by atoms with Crippen LogP contribution in [0.1, 0.15) is 0 Å². The molecule has 0 radical (unpaired) electrons. The van der Waals surface area contributed by atoms with Gasteiger partial charge in [0.1, 0.15) is 0 Å². The molecule has 1 heterocycles. The van der Waals surface area contributed by atoms with Gasteiger partial charge in [-0.05, 0) is 6.07 Å². The van der Waals surface area contributed by atoms with Crippen LogP contribution in [-0.2, 0) is 4.74 Å². The van der Waals surface area contributed by atoms with E-state index < -0.39 is 0 Å². The van der Waals surface area contributed by atoms with E-state index in [2.05, 4.69) is 15.1 Å². The zero-order valence-corrected chi connectivity index (χ0v) is 7.95. The van der Waals surface area contributed by atoms with Gasteiger partial charge < -0.3 is 20.6 Å². The number of anilines is 2. The molecule has 0 aromatic carbocycles. The zero-order chi connectivity index (χ0) is 10.4. The van der Waals surface area contributed by atoms with Crippen molar-refractivity contribution in [2.24, 2.45) is 0 Å². The molecule has 0 saturated heterocycles. The fraction of sp³-hybridized carbons (Fsp3) is 0.333. The largest absolute Gasteiger partial charge is 0.390 e. The summed E-state index contributed by atoms with van der Waals surface area (Å²) in [6.45, 7) is 8.13. The van der Waals surface area contributed by atoms with Gasteiger partial charge in [0.25, 0.3) is 5.82 Å². The molecular weight excluding hydrogens is 180 g/mol. The average molecular weight is 192 g/mol. The van der Waals surface area contributed by atoms with E-state index in [4.69, 9.17) is 17.0 Å². The second kappa shape index (κ2) is 5.04. The van der Waals surface area contributed by atoms with E-state index >= 15 is 0 Å². The van der Waals surface area contributed by atoms with Crippen molar-refractivity contribution in [2.75, 3.05) is 31.3 Å². The maximum Gasteiger partial charge on any atom is 0.294 e. The third-order valence-electron chi connectivity index (χ3n) is 1.62. The van der Waals surface area contributed by atoms with Gasteiger partial charge in [-0.15, -0.1) is 4.98 Å². The molecule has 0 fully saturated rings. The highest BCUT2D eigenvalue weighted by Gasteiger charge is 2.04. The molecule has 1 aromatic rings. The number of pyridine rings is 1. The Morgan fingerprint density at radius 3 is 3.07 bits per heavy atom. The van der Waals surface area contributed by atoms with E-state index in [1.165, 1.54) is 0 Å². The van der Waals surface area contributed by atoms with Gasteiger partial charge in [-0.1, -0.05) is 6.57 Å². The van der Waals surface area contributed by atoms with Crippen LogP contribution in [-0.4, -0.2) is 25.2 Å². The molecule has 0 aliphatic rings. The van der Waals surface area contributed by atoms with Crippen molar-refractivity contribution in [1.29, 1.82) is 0 Å². The molecule has 3 N–H and O–H groups in total. The lowest BCUT2D eigenvalue weighted by Crippen LogP contribution is -2.08. The standard InChI is InChI=1S/C9H12N4O/c1-11-9-7(12-5-6-14-2)3-4-8(10)13-9/h3-4,12H,5-6H2,2H3,(H2,10,13). The predicted molar refractivity (Wildman–Crippen MR) is 55.3 cm³/mol. The summed E-state index contributed by atoms with van der Waals surface area (Å²) in [4.78, 5) is 7.16. The number of nitrogens with zero attached hydrogens (tertiary/aromatic N) is 2. The monoisotopic (exact) mass is 192 g/mol. The minimum atomic E-state index is 0.293. The van der Waals surface area contributed by atoms with E-state index in [0.717, 1.165) is 0 Å². The molecule has 0 bridgehead atoms. The van der Waals surface area contributed by atoms with Gasteiger partial charge in [0.05, 0.1) is 12.3 Å². The van der Waals surface area contributed by atoms with Gasteiger partial charge in [-0.3, -0.25) is 0 Å². The molecule has 0 saturated carbocycles. The first-order valence-electron chi connectivity index (χ1n) is 4.14. The first-order chi connectivity index (χ1) is 6.77. The van der Waals surface area contributed by atoms with Gasteiger partial charge >= 0.3 is 0 Å². The first-order valence-corrected chi connectivity index (χ1v) is 4.14.